The largest absolute Gasteiger partial charge is 0.369 e. The number of allylic oxidation sites excluding steroid dienone is 10. The Balaban J connectivity index is 3.49. The molecule has 0 aliphatic carbocycles. The van der Waals surface area contributed by atoms with Crippen molar-refractivity contribution in [2.24, 2.45) is 5.73 Å². The van der Waals surface area contributed by atoms with Crippen LogP contribution in [-0.4, -0.2) is 29.9 Å². The monoisotopic (exact) mass is 450 g/mol. The molecule has 0 aliphatic rings. The van der Waals surface area contributed by atoms with Crippen molar-refractivity contribution in [3.63, 3.8) is 0 Å². The standard InChI is InChI=1S/C24H38N2O2S2/c1-2-3-4-5-6-7-8-9-10-11-12-13-14-15-16-17-18-19-24(28)26-20-21-29-30-22-23(25)27/h3-4,6-7,9-10,12-13,15-16H,2,5,8,11,14,17-22H2,1H3,(H2,25,27)(H,26,28)/b4-3-,7-6-,10-9-,13-12-,16-15-. The van der Waals surface area contributed by atoms with Crippen molar-refractivity contribution in [3.8, 4) is 0 Å². The molecule has 0 rings (SSSR count). The van der Waals surface area contributed by atoms with E-state index in [4.69, 9.17) is 5.73 Å². The quantitative estimate of drug-likeness (QED) is 0.146. The second kappa shape index (κ2) is 23.6. The summed E-state index contributed by atoms with van der Waals surface area (Å²) in [6.45, 7) is 2.77. The number of nitrogens with two attached hydrogens (primary N) is 1. The molecule has 0 aromatic carbocycles. The van der Waals surface area contributed by atoms with E-state index >= 15 is 0 Å². The molecule has 0 saturated carbocycles. The smallest absolute Gasteiger partial charge is 0.228 e. The summed E-state index contributed by atoms with van der Waals surface area (Å²) in [6.07, 6.45) is 29.2. The average Bonchev–Trinajstić information content (AvgIpc) is 2.72. The van der Waals surface area contributed by atoms with E-state index < -0.39 is 0 Å². The Morgan fingerprint density at radius 3 is 1.87 bits per heavy atom. The van der Waals surface area contributed by atoms with Gasteiger partial charge in [0.25, 0.3) is 0 Å². The summed E-state index contributed by atoms with van der Waals surface area (Å²) in [5, 5.41) is 2.89. The molecule has 0 spiro atoms. The molecule has 0 saturated heterocycles. The summed E-state index contributed by atoms with van der Waals surface area (Å²) in [6, 6.07) is 0. The number of rotatable bonds is 19. The molecule has 168 valence electrons. The molecule has 0 unspecified atom stereocenters. The average molecular weight is 451 g/mol. The van der Waals surface area contributed by atoms with Crippen molar-refractivity contribution in [3.05, 3.63) is 60.8 Å². The van der Waals surface area contributed by atoms with Crippen LogP contribution in [0, 0.1) is 0 Å². The third-order valence-electron chi connectivity index (χ3n) is 3.72. The number of amides is 2. The van der Waals surface area contributed by atoms with Crippen LogP contribution in [-0.2, 0) is 9.59 Å². The summed E-state index contributed by atoms with van der Waals surface area (Å²) in [7, 11) is 2.97. The van der Waals surface area contributed by atoms with Crippen LogP contribution in [0.15, 0.2) is 60.8 Å². The lowest BCUT2D eigenvalue weighted by atomic mass is 10.2. The molecule has 0 fully saturated rings. The zero-order valence-electron chi connectivity index (χ0n) is 18.3. The maximum atomic E-state index is 11.7. The number of nitrogens with one attached hydrogen (secondary N) is 1. The molecule has 30 heavy (non-hydrogen) atoms. The minimum absolute atomic E-state index is 0.0860. The molecule has 0 aliphatic heterocycles. The van der Waals surface area contributed by atoms with Crippen LogP contribution in [0.5, 0.6) is 0 Å². The molecule has 6 heteroatoms. The zero-order valence-corrected chi connectivity index (χ0v) is 19.9. The fourth-order valence-corrected chi connectivity index (χ4v) is 3.93. The van der Waals surface area contributed by atoms with Crippen LogP contribution >= 0.6 is 21.6 Å². The molecule has 0 radical (unpaired) electrons. The van der Waals surface area contributed by atoms with Crippen molar-refractivity contribution in [1.82, 2.24) is 5.32 Å². The van der Waals surface area contributed by atoms with Gasteiger partial charge in [-0.3, -0.25) is 9.59 Å². The highest BCUT2D eigenvalue weighted by atomic mass is 33.1. The molecule has 0 heterocycles. The fraction of sp³-hybridized carbons (Fsp3) is 0.500. The molecule has 0 aromatic rings. The van der Waals surface area contributed by atoms with Gasteiger partial charge in [0, 0.05) is 18.7 Å². The normalized spacial score (nSPS) is 12.3. The van der Waals surface area contributed by atoms with E-state index in [0.717, 1.165) is 50.7 Å². The minimum atomic E-state index is -0.313. The van der Waals surface area contributed by atoms with E-state index in [2.05, 4.69) is 73.0 Å². The molecule has 2 amide bonds. The molecule has 3 N–H and O–H groups in total. The Bertz CT molecular complexity index is 582. The Morgan fingerprint density at radius 1 is 0.800 bits per heavy atom. The van der Waals surface area contributed by atoms with Gasteiger partial charge < -0.3 is 11.1 Å². The zero-order chi connectivity index (χ0) is 22.1. The maximum absolute atomic E-state index is 11.7. The summed E-state index contributed by atoms with van der Waals surface area (Å²) >= 11 is 0. The number of unbranched alkanes of at least 4 members (excludes halogenated alkanes) is 1. The van der Waals surface area contributed by atoms with Gasteiger partial charge in [-0.2, -0.15) is 0 Å². The van der Waals surface area contributed by atoms with E-state index in [9.17, 15) is 9.59 Å². The Morgan fingerprint density at radius 2 is 1.33 bits per heavy atom. The molecule has 0 aromatic heterocycles. The number of carbonyl (C=O) groups is 2. The Hall–Kier alpha value is -1.66. The van der Waals surface area contributed by atoms with Crippen molar-refractivity contribution < 1.29 is 9.59 Å². The lowest BCUT2D eigenvalue weighted by Crippen LogP contribution is -2.25. The minimum Gasteiger partial charge on any atom is -0.369 e. The van der Waals surface area contributed by atoms with E-state index in [-0.39, 0.29) is 11.8 Å². The molecular weight excluding hydrogens is 412 g/mol. The first-order valence-corrected chi connectivity index (χ1v) is 13.2. The van der Waals surface area contributed by atoms with Crippen LogP contribution in [0.3, 0.4) is 0 Å². The summed E-state index contributed by atoms with van der Waals surface area (Å²) < 4.78 is 0. The van der Waals surface area contributed by atoms with Gasteiger partial charge in [0.2, 0.25) is 11.8 Å². The summed E-state index contributed by atoms with van der Waals surface area (Å²) in [5.74, 6) is 0.860. The third-order valence-corrected chi connectivity index (χ3v) is 6.02. The van der Waals surface area contributed by atoms with Gasteiger partial charge in [-0.25, -0.2) is 0 Å². The highest BCUT2D eigenvalue weighted by molar-refractivity contribution is 8.76. The van der Waals surface area contributed by atoms with E-state index in [1.165, 1.54) is 10.8 Å². The first kappa shape index (κ1) is 28.3. The van der Waals surface area contributed by atoms with Crippen molar-refractivity contribution in [1.29, 1.82) is 0 Å². The SMILES string of the molecule is CC/C=C\C/C=C\C/C=C\C/C=C\C/C=C\CCCC(=O)NCCSSCC(N)=O. The third kappa shape index (κ3) is 24.4. The van der Waals surface area contributed by atoms with Gasteiger partial charge in [-0.15, -0.1) is 0 Å². The second-order valence-corrected chi connectivity index (χ2v) is 9.08. The van der Waals surface area contributed by atoms with Crippen molar-refractivity contribution in [2.75, 3.05) is 18.1 Å². The highest BCUT2D eigenvalue weighted by Gasteiger charge is 2.00. The van der Waals surface area contributed by atoms with Gasteiger partial charge in [-0.1, -0.05) is 89.3 Å². The van der Waals surface area contributed by atoms with Crippen LogP contribution in [0.1, 0.15) is 58.3 Å². The number of carbonyl (C=O) groups excluding carboxylic acids is 2. The first-order valence-electron chi connectivity index (χ1n) is 10.7. The van der Waals surface area contributed by atoms with Gasteiger partial charge in [0.1, 0.15) is 0 Å². The van der Waals surface area contributed by atoms with Crippen LogP contribution in [0.4, 0.5) is 0 Å². The van der Waals surface area contributed by atoms with E-state index in [1.807, 2.05) is 0 Å². The molecular formula is C24H38N2O2S2. The lowest BCUT2D eigenvalue weighted by molar-refractivity contribution is -0.121. The maximum Gasteiger partial charge on any atom is 0.228 e. The number of hydrogen-bond acceptors (Lipinski definition) is 4. The topological polar surface area (TPSA) is 72.2 Å². The molecule has 0 atom stereocenters. The van der Waals surface area contributed by atoms with E-state index in [0.29, 0.717) is 18.7 Å². The highest BCUT2D eigenvalue weighted by Crippen LogP contribution is 2.19. The van der Waals surface area contributed by atoms with Crippen molar-refractivity contribution in [2.45, 2.75) is 58.3 Å². The summed E-state index contributed by atoms with van der Waals surface area (Å²) in [5.41, 5.74) is 5.05. The van der Waals surface area contributed by atoms with Crippen LogP contribution in [0.2, 0.25) is 0 Å². The lowest BCUT2D eigenvalue weighted by Gasteiger charge is -2.03. The Labute approximate surface area is 191 Å². The van der Waals surface area contributed by atoms with Gasteiger partial charge in [-0.05, 0) is 44.9 Å². The predicted octanol–water partition coefficient (Wildman–Crippen LogP) is 5.89. The Kier molecular flexibility index (Phi) is 22.3. The fourth-order valence-electron chi connectivity index (χ4n) is 2.23. The van der Waals surface area contributed by atoms with Gasteiger partial charge in [0.05, 0.1) is 5.75 Å². The predicted molar refractivity (Wildman–Crippen MR) is 135 cm³/mol. The first-order chi connectivity index (χ1) is 14.7. The van der Waals surface area contributed by atoms with Gasteiger partial charge >= 0.3 is 0 Å². The number of primary amides is 1. The van der Waals surface area contributed by atoms with Crippen LogP contribution < -0.4 is 11.1 Å². The van der Waals surface area contributed by atoms with Crippen LogP contribution in [0.25, 0.3) is 0 Å². The van der Waals surface area contributed by atoms with Crippen molar-refractivity contribution >= 4 is 33.4 Å². The summed E-state index contributed by atoms with van der Waals surface area (Å²) in [4.78, 5) is 22.3. The molecule has 0 bridgehead atoms. The van der Waals surface area contributed by atoms with Gasteiger partial charge in [0.15, 0.2) is 0 Å². The molecule has 4 nitrogen and oxygen atoms in total. The second-order valence-electron chi connectivity index (χ2n) is 6.50. The number of hydrogen-bond donors (Lipinski definition) is 2. The van der Waals surface area contributed by atoms with E-state index in [1.54, 1.807) is 10.8 Å².